The molecule has 6 N–H and O–H groups in total. The van der Waals surface area contributed by atoms with E-state index in [0.29, 0.717) is 12.5 Å². The summed E-state index contributed by atoms with van der Waals surface area (Å²) in [5.74, 6) is -1.54. The maximum atomic E-state index is 13.6. The van der Waals surface area contributed by atoms with Gasteiger partial charge in [0.1, 0.15) is 5.82 Å². The summed E-state index contributed by atoms with van der Waals surface area (Å²) in [7, 11) is 0. The van der Waals surface area contributed by atoms with E-state index in [-0.39, 0.29) is 28.6 Å². The number of hydrogen-bond acceptors (Lipinski definition) is 3. The number of benzene rings is 2. The zero-order valence-electron chi connectivity index (χ0n) is 19.0. The molecule has 34 heavy (non-hydrogen) atoms. The summed E-state index contributed by atoms with van der Waals surface area (Å²) in [6.45, 7) is 0.564. The van der Waals surface area contributed by atoms with Crippen molar-refractivity contribution in [3.05, 3.63) is 64.9 Å². The van der Waals surface area contributed by atoms with E-state index in [0.717, 1.165) is 44.6 Å². The van der Waals surface area contributed by atoms with Gasteiger partial charge in [0.2, 0.25) is 0 Å². The number of carbonyl (C=O) groups excluding carboxylic acids is 2. The van der Waals surface area contributed by atoms with Crippen molar-refractivity contribution in [3.63, 3.8) is 0 Å². The lowest BCUT2D eigenvalue weighted by Gasteiger charge is -2.37. The summed E-state index contributed by atoms with van der Waals surface area (Å²) in [4.78, 5) is 29.1. The minimum Gasteiger partial charge on any atom is -0.370 e. The van der Waals surface area contributed by atoms with Crippen molar-refractivity contribution < 1.29 is 14.0 Å². The van der Waals surface area contributed by atoms with Crippen molar-refractivity contribution in [2.75, 3.05) is 11.9 Å². The first-order valence-electron chi connectivity index (χ1n) is 11.5. The number of carbonyl (C=O) groups is 2. The Morgan fingerprint density at radius 3 is 2.53 bits per heavy atom. The molecule has 3 unspecified atom stereocenters. The number of anilines is 1. The van der Waals surface area contributed by atoms with Gasteiger partial charge in [-0.3, -0.25) is 14.6 Å². The Balaban J connectivity index is 1.61. The Hall–Kier alpha value is -3.13. The highest BCUT2D eigenvalue weighted by Gasteiger charge is 2.33. The second-order valence-electron chi connectivity index (χ2n) is 8.65. The highest BCUT2D eigenvalue weighted by molar-refractivity contribution is 6.39. The molecular formula is C25H31ClFN5O2. The Labute approximate surface area is 204 Å². The quantitative estimate of drug-likeness (QED) is 0.195. The SMILES string of the molecule is NC(N)=NCCCCC1CC(c2ccccc2)CCC1NC(=O)C(=O)Nc1ccc(Cl)c(F)c1. The van der Waals surface area contributed by atoms with Crippen LogP contribution in [0.4, 0.5) is 10.1 Å². The van der Waals surface area contributed by atoms with Crippen LogP contribution in [0, 0.1) is 11.7 Å². The van der Waals surface area contributed by atoms with Gasteiger partial charge >= 0.3 is 11.8 Å². The number of amides is 2. The van der Waals surface area contributed by atoms with Crippen LogP contribution in [0.1, 0.15) is 50.0 Å². The third kappa shape index (κ3) is 7.45. The fraction of sp³-hybridized carbons (Fsp3) is 0.400. The molecule has 182 valence electrons. The van der Waals surface area contributed by atoms with E-state index < -0.39 is 17.6 Å². The van der Waals surface area contributed by atoms with E-state index >= 15 is 0 Å². The summed E-state index contributed by atoms with van der Waals surface area (Å²) in [5, 5.41) is 5.28. The highest BCUT2D eigenvalue weighted by Crippen LogP contribution is 2.38. The van der Waals surface area contributed by atoms with Crippen LogP contribution < -0.4 is 22.1 Å². The first-order valence-corrected chi connectivity index (χ1v) is 11.9. The van der Waals surface area contributed by atoms with Gasteiger partial charge in [-0.25, -0.2) is 4.39 Å². The van der Waals surface area contributed by atoms with E-state index in [1.54, 1.807) is 0 Å². The first kappa shape index (κ1) is 25.5. The van der Waals surface area contributed by atoms with Crippen LogP contribution in [-0.2, 0) is 9.59 Å². The van der Waals surface area contributed by atoms with Crippen molar-refractivity contribution in [3.8, 4) is 0 Å². The normalized spacial score (nSPS) is 19.8. The van der Waals surface area contributed by atoms with E-state index in [4.69, 9.17) is 23.1 Å². The van der Waals surface area contributed by atoms with Crippen LogP contribution >= 0.6 is 11.6 Å². The molecule has 2 amide bonds. The average Bonchev–Trinajstić information content (AvgIpc) is 2.82. The van der Waals surface area contributed by atoms with Crippen LogP contribution in [0.2, 0.25) is 5.02 Å². The van der Waals surface area contributed by atoms with Gasteiger partial charge in [-0.1, -0.05) is 48.4 Å². The van der Waals surface area contributed by atoms with Crippen molar-refractivity contribution in [2.24, 2.45) is 22.4 Å². The number of rotatable bonds is 8. The maximum absolute atomic E-state index is 13.6. The standard InChI is InChI=1S/C25H31ClFN5O2/c26-20-11-10-19(15-21(20)27)31-23(33)24(34)32-22-12-9-17(16-6-2-1-3-7-16)14-18(22)8-4-5-13-30-25(28)29/h1-3,6-7,10-11,15,17-18,22H,4-5,8-9,12-14H2,(H,31,33)(H,32,34)(H4,28,29,30). The second-order valence-corrected chi connectivity index (χ2v) is 9.05. The highest BCUT2D eigenvalue weighted by atomic mass is 35.5. The first-order chi connectivity index (χ1) is 16.3. The fourth-order valence-electron chi connectivity index (χ4n) is 4.52. The zero-order chi connectivity index (χ0) is 24.5. The molecule has 7 nitrogen and oxygen atoms in total. The molecule has 3 rings (SSSR count). The number of aliphatic imine (C=N–C) groups is 1. The molecule has 0 spiro atoms. The minimum atomic E-state index is -0.835. The third-order valence-corrected chi connectivity index (χ3v) is 6.54. The number of hydrogen-bond donors (Lipinski definition) is 4. The lowest BCUT2D eigenvalue weighted by molar-refractivity contribution is -0.137. The predicted octanol–water partition coefficient (Wildman–Crippen LogP) is 3.93. The van der Waals surface area contributed by atoms with E-state index in [1.807, 2.05) is 18.2 Å². The van der Waals surface area contributed by atoms with Gasteiger partial charge in [0.05, 0.1) is 5.02 Å². The number of unbranched alkanes of at least 4 members (excludes halogenated alkanes) is 1. The van der Waals surface area contributed by atoms with Crippen LogP contribution in [-0.4, -0.2) is 30.4 Å². The molecule has 3 atom stereocenters. The molecule has 1 aliphatic carbocycles. The van der Waals surface area contributed by atoms with Gasteiger partial charge in [-0.15, -0.1) is 0 Å². The monoisotopic (exact) mass is 487 g/mol. The van der Waals surface area contributed by atoms with Gasteiger partial charge in [-0.05, 0) is 67.7 Å². The van der Waals surface area contributed by atoms with Gasteiger partial charge in [0, 0.05) is 18.3 Å². The summed E-state index contributed by atoms with van der Waals surface area (Å²) in [6, 6.07) is 14.1. The smallest absolute Gasteiger partial charge is 0.313 e. The summed E-state index contributed by atoms with van der Waals surface area (Å²) in [6.07, 6.45) is 5.25. The Morgan fingerprint density at radius 1 is 1.06 bits per heavy atom. The average molecular weight is 488 g/mol. The van der Waals surface area contributed by atoms with Gasteiger partial charge in [0.25, 0.3) is 0 Å². The molecule has 0 aliphatic heterocycles. The molecule has 0 bridgehead atoms. The number of halogens is 2. The van der Waals surface area contributed by atoms with E-state index in [1.165, 1.54) is 17.7 Å². The fourth-order valence-corrected chi connectivity index (χ4v) is 4.64. The summed E-state index contributed by atoms with van der Waals surface area (Å²) < 4.78 is 13.6. The van der Waals surface area contributed by atoms with Crippen LogP contribution in [0.15, 0.2) is 53.5 Å². The van der Waals surface area contributed by atoms with Gasteiger partial charge in [-0.2, -0.15) is 0 Å². The van der Waals surface area contributed by atoms with E-state index in [9.17, 15) is 14.0 Å². The van der Waals surface area contributed by atoms with Gasteiger partial charge < -0.3 is 22.1 Å². The lowest BCUT2D eigenvalue weighted by Crippen LogP contribution is -2.47. The molecule has 0 radical (unpaired) electrons. The number of nitrogens with one attached hydrogen (secondary N) is 2. The molecule has 1 saturated carbocycles. The van der Waals surface area contributed by atoms with Crippen molar-refractivity contribution >= 4 is 35.1 Å². The zero-order valence-corrected chi connectivity index (χ0v) is 19.7. The number of guanidine groups is 1. The van der Waals surface area contributed by atoms with E-state index in [2.05, 4.69) is 27.8 Å². The Bertz CT molecular complexity index is 1010. The Kier molecular flexibility index (Phi) is 9.27. The molecule has 9 heteroatoms. The van der Waals surface area contributed by atoms with Crippen LogP contribution in [0.5, 0.6) is 0 Å². The molecule has 1 aliphatic rings. The summed E-state index contributed by atoms with van der Waals surface area (Å²) >= 11 is 5.67. The molecule has 0 saturated heterocycles. The van der Waals surface area contributed by atoms with Crippen LogP contribution in [0.3, 0.4) is 0 Å². The van der Waals surface area contributed by atoms with Gasteiger partial charge in [0.15, 0.2) is 5.96 Å². The molecule has 2 aromatic rings. The van der Waals surface area contributed by atoms with Crippen molar-refractivity contribution in [1.82, 2.24) is 5.32 Å². The molecule has 1 fully saturated rings. The summed E-state index contributed by atoms with van der Waals surface area (Å²) in [5.41, 5.74) is 12.2. The van der Waals surface area contributed by atoms with Crippen molar-refractivity contribution in [1.29, 1.82) is 0 Å². The largest absolute Gasteiger partial charge is 0.370 e. The molecule has 0 aromatic heterocycles. The van der Waals surface area contributed by atoms with Crippen LogP contribution in [0.25, 0.3) is 0 Å². The third-order valence-electron chi connectivity index (χ3n) is 6.23. The molecular weight excluding hydrogens is 457 g/mol. The molecule has 0 heterocycles. The second kappa shape index (κ2) is 12.4. The minimum absolute atomic E-state index is 0.0553. The maximum Gasteiger partial charge on any atom is 0.313 e. The molecule has 2 aromatic carbocycles. The predicted molar refractivity (Wildman–Crippen MR) is 133 cm³/mol. The Morgan fingerprint density at radius 2 is 1.82 bits per heavy atom. The number of nitrogens with zero attached hydrogens (tertiary/aromatic N) is 1. The topological polar surface area (TPSA) is 123 Å². The number of nitrogens with two attached hydrogens (primary N) is 2. The van der Waals surface area contributed by atoms with Crippen molar-refractivity contribution in [2.45, 2.75) is 50.5 Å². The lowest BCUT2D eigenvalue weighted by atomic mass is 9.73.